The maximum Gasteiger partial charge on any atom is 0.312 e. The molecule has 1 N–H and O–H groups in total. The number of benzene rings is 1. The van der Waals surface area contributed by atoms with Crippen molar-refractivity contribution in [2.45, 2.75) is 12.5 Å². The van der Waals surface area contributed by atoms with Crippen LogP contribution >= 0.6 is 0 Å². The Balaban J connectivity index is 1.95. The normalized spacial score (nSPS) is 17.4. The number of carboxylic acids is 1. The van der Waals surface area contributed by atoms with Crippen LogP contribution in [0, 0.1) is 0 Å². The van der Waals surface area contributed by atoms with Gasteiger partial charge in [0, 0.05) is 26.3 Å². The molecule has 1 atom stereocenters. The molecule has 21 heavy (non-hydrogen) atoms. The Labute approximate surface area is 121 Å². The van der Waals surface area contributed by atoms with Crippen LogP contribution in [-0.2, 0) is 18.4 Å². The van der Waals surface area contributed by atoms with Crippen LogP contribution < -0.4 is 0 Å². The number of carboxylic acid groups (broad SMARTS) is 1. The van der Waals surface area contributed by atoms with Gasteiger partial charge in [-0.25, -0.2) is 0 Å². The van der Waals surface area contributed by atoms with E-state index in [4.69, 9.17) is 0 Å². The van der Waals surface area contributed by atoms with Crippen LogP contribution in [0.4, 0.5) is 0 Å². The van der Waals surface area contributed by atoms with E-state index in [1.807, 2.05) is 24.3 Å². The second-order valence-corrected chi connectivity index (χ2v) is 5.12. The Morgan fingerprint density at radius 3 is 2.71 bits per heavy atom. The Kier molecular flexibility index (Phi) is 3.21. The van der Waals surface area contributed by atoms with E-state index < -0.39 is 11.9 Å². The Morgan fingerprint density at radius 2 is 2.05 bits per heavy atom. The average Bonchev–Trinajstić information content (AvgIpc) is 2.91. The van der Waals surface area contributed by atoms with E-state index in [2.05, 4.69) is 5.10 Å². The second-order valence-electron chi connectivity index (χ2n) is 5.12. The van der Waals surface area contributed by atoms with Crippen molar-refractivity contribution in [3.05, 3.63) is 53.3 Å². The van der Waals surface area contributed by atoms with Crippen LogP contribution in [0.15, 0.2) is 36.5 Å². The molecule has 1 aromatic carbocycles. The fraction of sp³-hybridized carbons (Fsp3) is 0.267. The zero-order valence-electron chi connectivity index (χ0n) is 11.6. The number of hydrogen-bond acceptors (Lipinski definition) is 3. The van der Waals surface area contributed by atoms with Crippen LogP contribution in [0.2, 0.25) is 0 Å². The van der Waals surface area contributed by atoms with Gasteiger partial charge < -0.3 is 10.0 Å². The third kappa shape index (κ3) is 2.29. The number of rotatable bonds is 2. The molecule has 0 aliphatic carbocycles. The van der Waals surface area contributed by atoms with Crippen molar-refractivity contribution in [3.63, 3.8) is 0 Å². The summed E-state index contributed by atoms with van der Waals surface area (Å²) < 4.78 is 1.50. The molecule has 0 radical (unpaired) electrons. The molecule has 3 rings (SSSR count). The Bertz CT molecular complexity index is 708. The summed E-state index contributed by atoms with van der Waals surface area (Å²) in [5, 5.41) is 13.4. The molecule has 0 bridgehead atoms. The quantitative estimate of drug-likeness (QED) is 0.901. The largest absolute Gasteiger partial charge is 0.481 e. The summed E-state index contributed by atoms with van der Waals surface area (Å²) in [5.41, 5.74) is 2.13. The van der Waals surface area contributed by atoms with Gasteiger partial charge in [0.15, 0.2) is 0 Å². The number of carbonyl (C=O) groups excluding carboxylic acids is 1. The SMILES string of the molecule is Cn1nccc1C(=O)N1Cc2ccccc2C(C(=O)O)C1. The highest BCUT2D eigenvalue weighted by atomic mass is 16.4. The molecule has 0 spiro atoms. The second kappa shape index (κ2) is 5.05. The number of amides is 1. The highest BCUT2D eigenvalue weighted by Crippen LogP contribution is 2.29. The lowest BCUT2D eigenvalue weighted by atomic mass is 9.89. The standard InChI is InChI=1S/C15H15N3O3/c1-17-13(6-7-16-17)14(19)18-8-10-4-2-3-5-11(10)12(9-18)15(20)21/h2-7,12H,8-9H2,1H3,(H,20,21). The molecular formula is C15H15N3O3. The number of fused-ring (bicyclic) bond motifs is 1. The summed E-state index contributed by atoms with van der Waals surface area (Å²) in [4.78, 5) is 25.6. The highest BCUT2D eigenvalue weighted by Gasteiger charge is 2.33. The van der Waals surface area contributed by atoms with E-state index in [-0.39, 0.29) is 12.5 Å². The van der Waals surface area contributed by atoms with Crippen LogP contribution in [0.1, 0.15) is 27.5 Å². The molecule has 2 heterocycles. The zero-order valence-corrected chi connectivity index (χ0v) is 11.6. The Morgan fingerprint density at radius 1 is 1.29 bits per heavy atom. The molecule has 1 aliphatic heterocycles. The third-order valence-electron chi connectivity index (χ3n) is 3.82. The molecule has 2 aromatic rings. The minimum atomic E-state index is -0.912. The molecule has 1 aromatic heterocycles. The average molecular weight is 285 g/mol. The highest BCUT2D eigenvalue weighted by molar-refractivity contribution is 5.93. The smallest absolute Gasteiger partial charge is 0.312 e. The summed E-state index contributed by atoms with van der Waals surface area (Å²) in [6.07, 6.45) is 1.56. The molecule has 0 saturated carbocycles. The van der Waals surface area contributed by atoms with E-state index in [0.29, 0.717) is 12.2 Å². The van der Waals surface area contributed by atoms with Gasteiger partial charge in [-0.05, 0) is 17.2 Å². The number of carbonyl (C=O) groups is 2. The molecule has 0 fully saturated rings. The van der Waals surface area contributed by atoms with Crippen molar-refractivity contribution in [3.8, 4) is 0 Å². The van der Waals surface area contributed by atoms with Gasteiger partial charge in [-0.2, -0.15) is 5.10 Å². The molecule has 1 aliphatic rings. The van der Waals surface area contributed by atoms with Gasteiger partial charge >= 0.3 is 5.97 Å². The molecule has 1 amide bonds. The topological polar surface area (TPSA) is 75.4 Å². The lowest BCUT2D eigenvalue weighted by molar-refractivity contribution is -0.139. The van der Waals surface area contributed by atoms with E-state index in [9.17, 15) is 14.7 Å². The van der Waals surface area contributed by atoms with E-state index in [0.717, 1.165) is 11.1 Å². The number of hydrogen-bond donors (Lipinski definition) is 1. The summed E-state index contributed by atoms with van der Waals surface area (Å²) in [6.45, 7) is 0.598. The Hall–Kier alpha value is -2.63. The molecular weight excluding hydrogens is 270 g/mol. The molecule has 6 heteroatoms. The molecule has 1 unspecified atom stereocenters. The van der Waals surface area contributed by atoms with Gasteiger partial charge in [-0.3, -0.25) is 14.3 Å². The summed E-state index contributed by atoms with van der Waals surface area (Å²) in [6, 6.07) is 9.01. The van der Waals surface area contributed by atoms with Gasteiger partial charge in [0.2, 0.25) is 0 Å². The first-order chi connectivity index (χ1) is 10.1. The number of nitrogens with zero attached hydrogens (tertiary/aromatic N) is 3. The lowest BCUT2D eigenvalue weighted by Gasteiger charge is -2.32. The van der Waals surface area contributed by atoms with Crippen molar-refractivity contribution in [2.75, 3.05) is 6.54 Å². The maximum atomic E-state index is 12.5. The fourth-order valence-corrected chi connectivity index (χ4v) is 2.72. The fourth-order valence-electron chi connectivity index (χ4n) is 2.72. The van der Waals surface area contributed by atoms with Crippen molar-refractivity contribution in [1.29, 1.82) is 0 Å². The number of aromatic nitrogens is 2. The summed E-state index contributed by atoms with van der Waals surface area (Å²) in [5.74, 6) is -1.80. The minimum Gasteiger partial charge on any atom is -0.481 e. The number of aryl methyl sites for hydroxylation is 1. The van der Waals surface area contributed by atoms with E-state index in [1.165, 1.54) is 4.68 Å². The van der Waals surface area contributed by atoms with Crippen LogP contribution in [0.3, 0.4) is 0 Å². The van der Waals surface area contributed by atoms with Gasteiger partial charge in [-0.15, -0.1) is 0 Å². The molecule has 0 saturated heterocycles. The lowest BCUT2D eigenvalue weighted by Crippen LogP contribution is -2.41. The minimum absolute atomic E-state index is 0.177. The van der Waals surface area contributed by atoms with Gasteiger partial charge in [-0.1, -0.05) is 24.3 Å². The molecule has 6 nitrogen and oxygen atoms in total. The van der Waals surface area contributed by atoms with Crippen LogP contribution in [-0.4, -0.2) is 38.2 Å². The van der Waals surface area contributed by atoms with Crippen molar-refractivity contribution in [1.82, 2.24) is 14.7 Å². The van der Waals surface area contributed by atoms with Gasteiger partial charge in [0.25, 0.3) is 5.91 Å². The monoisotopic (exact) mass is 285 g/mol. The first-order valence-electron chi connectivity index (χ1n) is 6.66. The van der Waals surface area contributed by atoms with Gasteiger partial charge in [0.05, 0.1) is 5.92 Å². The van der Waals surface area contributed by atoms with Crippen molar-refractivity contribution in [2.24, 2.45) is 7.05 Å². The summed E-state index contributed by atoms with van der Waals surface area (Å²) in [7, 11) is 1.69. The van der Waals surface area contributed by atoms with Gasteiger partial charge in [0.1, 0.15) is 5.69 Å². The van der Waals surface area contributed by atoms with Crippen LogP contribution in [0.5, 0.6) is 0 Å². The predicted molar refractivity (Wildman–Crippen MR) is 74.8 cm³/mol. The summed E-state index contributed by atoms with van der Waals surface area (Å²) >= 11 is 0. The van der Waals surface area contributed by atoms with Crippen LogP contribution in [0.25, 0.3) is 0 Å². The first kappa shape index (κ1) is 13.4. The third-order valence-corrected chi connectivity index (χ3v) is 3.82. The number of aliphatic carboxylic acids is 1. The van der Waals surface area contributed by atoms with Crippen molar-refractivity contribution >= 4 is 11.9 Å². The zero-order chi connectivity index (χ0) is 15.0. The maximum absolute atomic E-state index is 12.5. The predicted octanol–water partition coefficient (Wildman–Crippen LogP) is 1.24. The molecule has 108 valence electrons. The first-order valence-corrected chi connectivity index (χ1v) is 6.66. The van der Waals surface area contributed by atoms with E-state index in [1.54, 1.807) is 24.2 Å². The van der Waals surface area contributed by atoms with E-state index >= 15 is 0 Å². The van der Waals surface area contributed by atoms with Crippen molar-refractivity contribution < 1.29 is 14.7 Å².